The minimum Gasteiger partial charge on any atom is -0.494 e. The third kappa shape index (κ3) is 6.39. The highest BCUT2D eigenvalue weighted by molar-refractivity contribution is 6.42. The number of hydrogen-bond donors (Lipinski definition) is 6. The standard InChI is InChI=1S/C23H29N7O2/c1-15-11-18(5-9-27-15)28-10-6-19(24)23(31)30-21-12-16(20(25)13-22(21)32-2)14-29-17-3-7-26-8-4-17/h5-6,9-14,17,24-26,29H,3-4,7-8H2,1-2H3,(H,27,28)(H,30,31)/b10-6-,16-14-,24-19?,25-20?. The van der Waals surface area contributed by atoms with Gasteiger partial charge in [0.15, 0.2) is 0 Å². The van der Waals surface area contributed by atoms with Gasteiger partial charge in [0.1, 0.15) is 11.5 Å². The van der Waals surface area contributed by atoms with Gasteiger partial charge in [0.2, 0.25) is 0 Å². The van der Waals surface area contributed by atoms with Crippen molar-refractivity contribution in [3.8, 4) is 0 Å². The summed E-state index contributed by atoms with van der Waals surface area (Å²) in [5.41, 5.74) is 2.78. The molecule has 32 heavy (non-hydrogen) atoms. The zero-order valence-electron chi connectivity index (χ0n) is 18.3. The summed E-state index contributed by atoms with van der Waals surface area (Å²) in [4.78, 5) is 16.6. The quantitative estimate of drug-likeness (QED) is 0.346. The van der Waals surface area contributed by atoms with E-state index in [0.717, 1.165) is 37.3 Å². The van der Waals surface area contributed by atoms with Gasteiger partial charge in [0.25, 0.3) is 5.91 Å². The first kappa shape index (κ1) is 23.0. The van der Waals surface area contributed by atoms with Crippen molar-refractivity contribution in [3.05, 3.63) is 71.7 Å². The van der Waals surface area contributed by atoms with Gasteiger partial charge in [0, 0.05) is 47.7 Å². The summed E-state index contributed by atoms with van der Waals surface area (Å²) >= 11 is 0. The fraction of sp³-hybridized carbons (Fsp3) is 0.304. The molecule has 1 aromatic rings. The Labute approximate surface area is 187 Å². The van der Waals surface area contributed by atoms with Crippen LogP contribution >= 0.6 is 0 Å². The number of nitrogens with zero attached hydrogens (tertiary/aromatic N) is 1. The Bertz CT molecular complexity index is 1000. The normalized spacial score (nSPS) is 18.2. The summed E-state index contributed by atoms with van der Waals surface area (Å²) in [6.45, 7) is 3.82. The molecule has 3 rings (SSSR count). The van der Waals surface area contributed by atoms with Crippen molar-refractivity contribution < 1.29 is 9.53 Å². The number of carbonyl (C=O) groups excluding carboxylic acids is 1. The number of rotatable bonds is 8. The van der Waals surface area contributed by atoms with E-state index in [4.69, 9.17) is 15.6 Å². The summed E-state index contributed by atoms with van der Waals surface area (Å²) in [6.07, 6.45) is 11.7. The van der Waals surface area contributed by atoms with Gasteiger partial charge in [-0.2, -0.15) is 0 Å². The molecule has 1 fully saturated rings. The number of amides is 1. The molecule has 1 aromatic heterocycles. The molecule has 0 saturated carbocycles. The van der Waals surface area contributed by atoms with Gasteiger partial charge in [-0.3, -0.25) is 15.2 Å². The third-order valence-electron chi connectivity index (χ3n) is 5.07. The average Bonchev–Trinajstić information content (AvgIpc) is 2.79. The lowest BCUT2D eigenvalue weighted by molar-refractivity contribution is -0.114. The van der Waals surface area contributed by atoms with E-state index < -0.39 is 5.91 Å². The second-order valence-electron chi connectivity index (χ2n) is 7.51. The smallest absolute Gasteiger partial charge is 0.273 e. The van der Waals surface area contributed by atoms with Crippen molar-refractivity contribution in [2.75, 3.05) is 25.5 Å². The molecule has 168 valence electrons. The molecule has 2 aliphatic rings. The largest absolute Gasteiger partial charge is 0.494 e. The molecule has 9 nitrogen and oxygen atoms in total. The Kier molecular flexibility index (Phi) is 7.93. The highest BCUT2D eigenvalue weighted by Gasteiger charge is 2.20. The van der Waals surface area contributed by atoms with Crippen LogP contribution in [0.5, 0.6) is 0 Å². The van der Waals surface area contributed by atoms with E-state index in [1.54, 1.807) is 30.6 Å². The first-order valence-corrected chi connectivity index (χ1v) is 10.5. The summed E-state index contributed by atoms with van der Waals surface area (Å²) < 4.78 is 5.32. The van der Waals surface area contributed by atoms with Gasteiger partial charge in [-0.25, -0.2) is 0 Å². The molecule has 0 unspecified atom stereocenters. The molecule has 0 bridgehead atoms. The number of pyridine rings is 1. The van der Waals surface area contributed by atoms with Crippen LogP contribution in [0.1, 0.15) is 18.5 Å². The van der Waals surface area contributed by atoms with Crippen LogP contribution < -0.4 is 21.3 Å². The number of methoxy groups -OCH3 is 1. The van der Waals surface area contributed by atoms with E-state index in [1.807, 2.05) is 13.0 Å². The number of aromatic nitrogens is 1. The number of aryl methyl sites for hydroxylation is 1. The van der Waals surface area contributed by atoms with Crippen LogP contribution in [-0.2, 0) is 9.53 Å². The van der Waals surface area contributed by atoms with Crippen molar-refractivity contribution in [1.82, 2.24) is 20.9 Å². The maximum absolute atomic E-state index is 12.5. The predicted octanol–water partition coefficient (Wildman–Crippen LogP) is 2.12. The van der Waals surface area contributed by atoms with E-state index in [9.17, 15) is 4.79 Å². The maximum atomic E-state index is 12.5. The van der Waals surface area contributed by atoms with Crippen LogP contribution in [0.3, 0.4) is 0 Å². The van der Waals surface area contributed by atoms with Gasteiger partial charge < -0.3 is 31.4 Å². The number of anilines is 1. The molecule has 1 aliphatic carbocycles. The van der Waals surface area contributed by atoms with Crippen molar-refractivity contribution in [2.45, 2.75) is 25.8 Å². The molecule has 9 heteroatoms. The third-order valence-corrected chi connectivity index (χ3v) is 5.07. The molecule has 0 radical (unpaired) electrons. The van der Waals surface area contributed by atoms with Crippen LogP contribution in [0, 0.1) is 17.7 Å². The molecule has 0 atom stereocenters. The predicted molar refractivity (Wildman–Crippen MR) is 126 cm³/mol. The molecular weight excluding hydrogens is 406 g/mol. The van der Waals surface area contributed by atoms with E-state index in [1.165, 1.54) is 19.4 Å². The lowest BCUT2D eigenvalue weighted by atomic mass is 10.0. The van der Waals surface area contributed by atoms with Gasteiger partial charge in [-0.05, 0) is 57.1 Å². The highest BCUT2D eigenvalue weighted by Crippen LogP contribution is 2.19. The zero-order chi connectivity index (χ0) is 22.9. The number of allylic oxidation sites excluding steroid dienone is 3. The zero-order valence-corrected chi connectivity index (χ0v) is 18.3. The number of nitrogens with one attached hydrogen (secondary N) is 6. The summed E-state index contributed by atoms with van der Waals surface area (Å²) in [5, 5.41) is 28.7. The van der Waals surface area contributed by atoms with Crippen LogP contribution in [-0.4, -0.2) is 48.6 Å². The van der Waals surface area contributed by atoms with Crippen molar-refractivity contribution in [1.29, 1.82) is 10.8 Å². The van der Waals surface area contributed by atoms with Crippen molar-refractivity contribution in [3.63, 3.8) is 0 Å². The minimum atomic E-state index is -0.581. The van der Waals surface area contributed by atoms with E-state index >= 15 is 0 Å². The van der Waals surface area contributed by atoms with Crippen molar-refractivity contribution in [2.24, 2.45) is 0 Å². The number of hydrogen-bond acceptors (Lipinski definition) is 8. The first-order valence-electron chi connectivity index (χ1n) is 10.5. The number of carbonyl (C=O) groups is 1. The lowest BCUT2D eigenvalue weighted by Gasteiger charge is -2.24. The Hall–Kier alpha value is -3.72. The molecular formula is C23H29N7O2. The van der Waals surface area contributed by atoms with Gasteiger partial charge in [0.05, 0.1) is 18.5 Å². The Morgan fingerprint density at radius 2 is 2.09 bits per heavy atom. The maximum Gasteiger partial charge on any atom is 0.273 e. The van der Waals surface area contributed by atoms with Crippen molar-refractivity contribution >= 4 is 23.0 Å². The van der Waals surface area contributed by atoms with E-state index in [-0.39, 0.29) is 11.4 Å². The molecule has 0 spiro atoms. The average molecular weight is 436 g/mol. The highest BCUT2D eigenvalue weighted by atomic mass is 16.5. The fourth-order valence-electron chi connectivity index (χ4n) is 3.30. The lowest BCUT2D eigenvalue weighted by Crippen LogP contribution is -2.38. The summed E-state index contributed by atoms with van der Waals surface area (Å²) in [5.74, 6) is -0.216. The van der Waals surface area contributed by atoms with E-state index in [2.05, 4.69) is 26.3 Å². The molecule has 0 aromatic carbocycles. The second-order valence-corrected chi connectivity index (χ2v) is 7.51. The molecule has 6 N–H and O–H groups in total. The summed E-state index contributed by atoms with van der Waals surface area (Å²) in [7, 11) is 1.48. The van der Waals surface area contributed by atoms with Gasteiger partial charge in [-0.15, -0.1) is 0 Å². The number of piperidine rings is 1. The van der Waals surface area contributed by atoms with Crippen LogP contribution in [0.4, 0.5) is 5.69 Å². The number of ether oxygens (including phenoxy) is 1. The topological polar surface area (TPSA) is 135 Å². The van der Waals surface area contributed by atoms with Crippen LogP contribution in [0.25, 0.3) is 0 Å². The molecule has 2 heterocycles. The second kappa shape index (κ2) is 11.1. The molecule has 1 amide bonds. The Morgan fingerprint density at radius 3 is 2.81 bits per heavy atom. The van der Waals surface area contributed by atoms with Crippen LogP contribution in [0.2, 0.25) is 0 Å². The van der Waals surface area contributed by atoms with E-state index in [0.29, 0.717) is 23.1 Å². The first-order chi connectivity index (χ1) is 15.5. The molecule has 1 saturated heterocycles. The minimum absolute atomic E-state index is 0.223. The Morgan fingerprint density at radius 1 is 1.31 bits per heavy atom. The fourth-order valence-corrected chi connectivity index (χ4v) is 3.30. The SMILES string of the molecule is COC1=CC(=N)/C(=C\NC2CCNCC2)C=C1NC(=O)C(=N)/C=C\Nc1ccnc(C)c1. The monoisotopic (exact) mass is 435 g/mol. The van der Waals surface area contributed by atoms with Crippen LogP contribution in [0.15, 0.2) is 66.0 Å². The Balaban J connectivity index is 1.63. The van der Waals surface area contributed by atoms with Gasteiger partial charge >= 0.3 is 0 Å². The summed E-state index contributed by atoms with van der Waals surface area (Å²) in [6, 6.07) is 4.01. The van der Waals surface area contributed by atoms with Gasteiger partial charge in [-0.1, -0.05) is 0 Å². The molecule has 1 aliphatic heterocycles.